The predicted octanol–water partition coefficient (Wildman–Crippen LogP) is 5.28. The number of aromatic nitrogens is 2. The van der Waals surface area contributed by atoms with Crippen molar-refractivity contribution in [3.05, 3.63) is 71.5 Å². The SMILES string of the molecule is O=C1NC(=O)C(c2cn3c4c(cccc24)CCC3)=C1c1cn(CCCCBr)c2ccccc12. The van der Waals surface area contributed by atoms with E-state index in [-0.39, 0.29) is 11.8 Å². The molecule has 0 fully saturated rings. The highest BCUT2D eigenvalue weighted by Gasteiger charge is 2.35. The van der Waals surface area contributed by atoms with Crippen LogP contribution < -0.4 is 5.32 Å². The maximum Gasteiger partial charge on any atom is 0.259 e. The highest BCUT2D eigenvalue weighted by Crippen LogP contribution is 2.40. The van der Waals surface area contributed by atoms with Crippen LogP contribution in [0.4, 0.5) is 0 Å². The number of halogens is 1. The second-order valence-electron chi connectivity index (χ2n) is 8.84. The number of nitrogens with one attached hydrogen (secondary N) is 1. The zero-order valence-electron chi connectivity index (χ0n) is 18.2. The van der Waals surface area contributed by atoms with Crippen molar-refractivity contribution in [2.75, 3.05) is 5.33 Å². The largest absolute Gasteiger partial charge is 0.347 e. The van der Waals surface area contributed by atoms with Crippen molar-refractivity contribution >= 4 is 60.7 Å². The van der Waals surface area contributed by atoms with Crippen molar-refractivity contribution in [2.24, 2.45) is 0 Å². The van der Waals surface area contributed by atoms with E-state index in [0.717, 1.165) is 71.5 Å². The number of nitrogens with zero attached hydrogens (tertiary/aromatic N) is 2. The Balaban J connectivity index is 1.59. The summed E-state index contributed by atoms with van der Waals surface area (Å²) in [6.07, 6.45) is 8.36. The highest BCUT2D eigenvalue weighted by molar-refractivity contribution is 9.09. The molecule has 5 nitrogen and oxygen atoms in total. The number of hydrogen-bond donors (Lipinski definition) is 1. The number of fused-ring (bicyclic) bond motifs is 1. The first kappa shape index (κ1) is 20.5. The van der Waals surface area contributed by atoms with Gasteiger partial charge in [-0.1, -0.05) is 52.3 Å². The lowest BCUT2D eigenvalue weighted by Gasteiger charge is -2.14. The number of aryl methyl sites for hydroxylation is 3. The van der Waals surface area contributed by atoms with Crippen LogP contribution in [0.3, 0.4) is 0 Å². The van der Waals surface area contributed by atoms with Gasteiger partial charge in [-0.05, 0) is 37.3 Å². The van der Waals surface area contributed by atoms with Crippen LogP contribution in [0, 0.1) is 0 Å². The predicted molar refractivity (Wildman–Crippen MR) is 135 cm³/mol. The molecule has 1 N–H and O–H groups in total. The van der Waals surface area contributed by atoms with Crippen LogP contribution in [0.15, 0.2) is 54.9 Å². The number of hydrogen-bond acceptors (Lipinski definition) is 2. The van der Waals surface area contributed by atoms with E-state index in [4.69, 9.17) is 0 Å². The molecule has 2 aliphatic rings. The first-order chi connectivity index (χ1) is 16.2. The summed E-state index contributed by atoms with van der Waals surface area (Å²) in [5.74, 6) is -0.625. The van der Waals surface area contributed by atoms with E-state index >= 15 is 0 Å². The number of carbonyl (C=O) groups excluding carboxylic acids is 2. The minimum atomic E-state index is -0.315. The molecule has 2 amide bonds. The summed E-state index contributed by atoms with van der Waals surface area (Å²) >= 11 is 3.51. The van der Waals surface area contributed by atoms with Gasteiger partial charge in [0.2, 0.25) is 0 Å². The third-order valence-electron chi connectivity index (χ3n) is 6.87. The molecule has 2 aliphatic heterocycles. The van der Waals surface area contributed by atoms with E-state index in [1.807, 2.05) is 18.2 Å². The van der Waals surface area contributed by atoms with Crippen LogP contribution in [-0.4, -0.2) is 26.3 Å². The number of rotatable bonds is 6. The monoisotopic (exact) mass is 501 g/mol. The van der Waals surface area contributed by atoms with Crippen LogP contribution >= 0.6 is 15.9 Å². The van der Waals surface area contributed by atoms with Gasteiger partial charge in [0.05, 0.1) is 16.7 Å². The molecular formula is C27H24BrN3O2. The number of benzene rings is 2. The molecule has 0 atom stereocenters. The summed E-state index contributed by atoms with van der Waals surface area (Å²) in [7, 11) is 0. The number of amides is 2. The van der Waals surface area contributed by atoms with Crippen LogP contribution in [-0.2, 0) is 29.1 Å². The molecule has 0 bridgehead atoms. The summed E-state index contributed by atoms with van der Waals surface area (Å²) in [5, 5.41) is 5.60. The van der Waals surface area contributed by atoms with Crippen molar-refractivity contribution in [3.63, 3.8) is 0 Å². The molecule has 33 heavy (non-hydrogen) atoms. The minimum absolute atomic E-state index is 0.310. The quantitative estimate of drug-likeness (QED) is 0.222. The number of unbranched alkanes of at least 4 members (excludes halogenated alkanes) is 1. The fourth-order valence-electron chi connectivity index (χ4n) is 5.43. The van der Waals surface area contributed by atoms with E-state index in [9.17, 15) is 9.59 Å². The number of imide groups is 1. The zero-order valence-corrected chi connectivity index (χ0v) is 19.8. The average Bonchev–Trinajstić information content (AvgIpc) is 3.46. The second-order valence-corrected chi connectivity index (χ2v) is 9.63. The van der Waals surface area contributed by atoms with Gasteiger partial charge < -0.3 is 9.13 Å². The summed E-state index contributed by atoms with van der Waals surface area (Å²) in [6, 6.07) is 14.4. The molecule has 4 aromatic rings. The first-order valence-corrected chi connectivity index (χ1v) is 12.6. The third kappa shape index (κ3) is 3.19. The van der Waals surface area contributed by atoms with Crippen LogP contribution in [0.5, 0.6) is 0 Å². The van der Waals surface area contributed by atoms with E-state index in [2.05, 4.69) is 67.0 Å². The highest BCUT2D eigenvalue weighted by atomic mass is 79.9. The number of carbonyl (C=O) groups is 2. The zero-order chi connectivity index (χ0) is 22.5. The Labute approximate surface area is 200 Å². The minimum Gasteiger partial charge on any atom is -0.347 e. The molecule has 6 rings (SSSR count). The van der Waals surface area contributed by atoms with Crippen LogP contribution in [0.25, 0.3) is 33.0 Å². The van der Waals surface area contributed by atoms with Crippen LogP contribution in [0.2, 0.25) is 0 Å². The summed E-state index contributed by atoms with van der Waals surface area (Å²) in [6.45, 7) is 1.80. The fraction of sp³-hybridized carbons (Fsp3) is 0.259. The molecule has 0 saturated carbocycles. The van der Waals surface area contributed by atoms with Gasteiger partial charge in [-0.25, -0.2) is 0 Å². The molecule has 2 aromatic heterocycles. The molecule has 0 radical (unpaired) electrons. The molecule has 6 heteroatoms. The van der Waals surface area contributed by atoms with E-state index in [1.54, 1.807) is 0 Å². The maximum absolute atomic E-state index is 13.2. The third-order valence-corrected chi connectivity index (χ3v) is 7.43. The lowest BCUT2D eigenvalue weighted by Crippen LogP contribution is -2.22. The second kappa shape index (κ2) is 8.03. The first-order valence-electron chi connectivity index (χ1n) is 11.5. The standard InChI is InChI=1S/C27H24BrN3O2/c28-12-3-4-13-30-15-20(18-9-1-2-11-22(18)30)23-24(27(33)29-26(23)32)21-16-31-14-6-8-17-7-5-10-19(21)25(17)31/h1-2,5,7,9-11,15-16H,3-4,6,8,12-14H2,(H,29,32,33). The Morgan fingerprint density at radius 1 is 0.879 bits per heavy atom. The van der Waals surface area contributed by atoms with Gasteiger partial charge in [0.25, 0.3) is 11.8 Å². The van der Waals surface area contributed by atoms with E-state index in [1.165, 1.54) is 11.1 Å². The smallest absolute Gasteiger partial charge is 0.259 e. The normalized spacial score (nSPS) is 15.8. The Morgan fingerprint density at radius 3 is 2.45 bits per heavy atom. The van der Waals surface area contributed by atoms with Crippen molar-refractivity contribution in [1.29, 1.82) is 0 Å². The van der Waals surface area contributed by atoms with E-state index < -0.39 is 0 Å². The van der Waals surface area contributed by atoms with Gasteiger partial charge in [-0.15, -0.1) is 0 Å². The van der Waals surface area contributed by atoms with Crippen molar-refractivity contribution < 1.29 is 9.59 Å². The molecule has 2 aromatic carbocycles. The summed E-state index contributed by atoms with van der Waals surface area (Å²) < 4.78 is 4.46. The molecule has 0 spiro atoms. The maximum atomic E-state index is 13.2. The van der Waals surface area contributed by atoms with Gasteiger partial charge in [-0.3, -0.25) is 14.9 Å². The lowest BCUT2D eigenvalue weighted by atomic mass is 9.94. The molecule has 166 valence electrons. The molecular weight excluding hydrogens is 478 g/mol. The van der Waals surface area contributed by atoms with Gasteiger partial charge in [0.1, 0.15) is 0 Å². The van der Waals surface area contributed by atoms with Gasteiger partial charge >= 0.3 is 0 Å². The topological polar surface area (TPSA) is 56.0 Å². The van der Waals surface area contributed by atoms with E-state index in [0.29, 0.717) is 11.1 Å². The average molecular weight is 502 g/mol. The van der Waals surface area contributed by atoms with Gasteiger partial charge in [0.15, 0.2) is 0 Å². The Kier molecular flexibility index (Phi) is 4.98. The summed E-state index contributed by atoms with van der Waals surface area (Å²) in [5.41, 5.74) is 6.24. The molecule has 0 saturated heterocycles. The number of para-hydroxylation sites is 2. The van der Waals surface area contributed by atoms with Gasteiger partial charge in [-0.2, -0.15) is 0 Å². The van der Waals surface area contributed by atoms with Crippen molar-refractivity contribution in [2.45, 2.75) is 38.8 Å². The Bertz CT molecular complexity index is 1470. The van der Waals surface area contributed by atoms with Crippen LogP contribution in [0.1, 0.15) is 36.0 Å². The lowest BCUT2D eigenvalue weighted by molar-refractivity contribution is -0.122. The number of alkyl halides is 1. The fourth-order valence-corrected chi connectivity index (χ4v) is 5.83. The molecule has 4 heterocycles. The summed E-state index contributed by atoms with van der Waals surface area (Å²) in [4.78, 5) is 26.3. The molecule has 0 aliphatic carbocycles. The molecule has 0 unspecified atom stereocenters. The Hall–Kier alpha value is -3.12. The van der Waals surface area contributed by atoms with Crippen molar-refractivity contribution in [1.82, 2.24) is 14.5 Å². The van der Waals surface area contributed by atoms with Crippen molar-refractivity contribution in [3.8, 4) is 0 Å². The Morgan fingerprint density at radius 2 is 1.64 bits per heavy atom. The van der Waals surface area contributed by atoms with Gasteiger partial charge in [0, 0.05) is 58.2 Å².